The van der Waals surface area contributed by atoms with Gasteiger partial charge in [0.1, 0.15) is 0 Å². The molecule has 1 heteroatoms. The van der Waals surface area contributed by atoms with Crippen molar-refractivity contribution in [1.29, 1.82) is 0 Å². The van der Waals surface area contributed by atoms with E-state index in [1.165, 1.54) is 51.4 Å². The molecule has 1 fully saturated rings. The Balaban J connectivity index is 2.85. The summed E-state index contributed by atoms with van der Waals surface area (Å²) in [7, 11) is 2.17. The maximum absolute atomic E-state index is 3.62. The molecule has 0 saturated heterocycles. The van der Waals surface area contributed by atoms with Gasteiger partial charge in [0, 0.05) is 6.04 Å². The lowest BCUT2D eigenvalue weighted by molar-refractivity contribution is 0.210. The normalized spacial score (nSPS) is 31.1. The fourth-order valence-electron chi connectivity index (χ4n) is 6.52. The van der Waals surface area contributed by atoms with Gasteiger partial charge in [-0.05, 0) is 80.1 Å². The maximum atomic E-state index is 3.62. The Bertz CT molecular complexity index is 418. The molecule has 9 atom stereocenters. The molecule has 1 aliphatic rings. The van der Waals surface area contributed by atoms with Crippen LogP contribution in [0.25, 0.3) is 0 Å². The Morgan fingerprint density at radius 1 is 0.857 bits per heavy atom. The van der Waals surface area contributed by atoms with Gasteiger partial charge in [-0.15, -0.1) is 0 Å². The first kappa shape index (κ1) is 26.0. The quantitative estimate of drug-likeness (QED) is 0.296. The largest absolute Gasteiger partial charge is 0.317 e. The maximum Gasteiger partial charge on any atom is 0.00721 e. The molecule has 9 unspecified atom stereocenters. The van der Waals surface area contributed by atoms with Crippen molar-refractivity contribution in [3.8, 4) is 0 Å². The molecule has 0 bridgehead atoms. The number of rotatable bonds is 15. The number of nitrogens with one attached hydrogen (secondary N) is 1. The predicted octanol–water partition coefficient (Wildman–Crippen LogP) is 8.19. The molecule has 1 saturated carbocycles. The van der Waals surface area contributed by atoms with Gasteiger partial charge >= 0.3 is 0 Å². The third-order valence-corrected chi connectivity index (χ3v) is 9.07. The van der Waals surface area contributed by atoms with Crippen molar-refractivity contribution in [3.63, 3.8) is 0 Å². The fraction of sp³-hybridized carbons (Fsp3) is 1.00. The van der Waals surface area contributed by atoms with E-state index in [0.717, 1.165) is 41.4 Å². The summed E-state index contributed by atoms with van der Waals surface area (Å²) in [6, 6.07) is 0.649. The van der Waals surface area contributed by atoms with E-state index in [0.29, 0.717) is 11.5 Å². The molecular formula is C27H55N. The summed E-state index contributed by atoms with van der Waals surface area (Å²) in [6.07, 6.45) is 11.1. The van der Waals surface area contributed by atoms with E-state index in [4.69, 9.17) is 0 Å². The smallest absolute Gasteiger partial charge is 0.00721 e. The van der Waals surface area contributed by atoms with Crippen molar-refractivity contribution >= 4 is 0 Å². The van der Waals surface area contributed by atoms with Gasteiger partial charge in [-0.1, -0.05) is 87.5 Å². The standard InChI is InChI=1S/C27H55N/c1-11-15-23(13-3)24(14-4)18-27(9)25(26(27)22(8)28-10)17-21(7)20(6)16-19(5)12-2/h19-26,28H,11-18H2,1-10H3. The molecule has 28 heavy (non-hydrogen) atoms. The molecule has 168 valence electrons. The second-order valence-corrected chi connectivity index (χ2v) is 11.0. The van der Waals surface area contributed by atoms with E-state index in [9.17, 15) is 0 Å². The monoisotopic (exact) mass is 393 g/mol. The highest BCUT2D eigenvalue weighted by atomic mass is 14.9. The van der Waals surface area contributed by atoms with Crippen LogP contribution in [0.3, 0.4) is 0 Å². The summed E-state index contributed by atoms with van der Waals surface area (Å²) < 4.78 is 0. The zero-order chi connectivity index (χ0) is 21.5. The van der Waals surface area contributed by atoms with Crippen LogP contribution < -0.4 is 5.32 Å². The van der Waals surface area contributed by atoms with E-state index < -0.39 is 0 Å². The fourth-order valence-corrected chi connectivity index (χ4v) is 6.52. The molecule has 0 aliphatic heterocycles. The topological polar surface area (TPSA) is 12.0 Å². The lowest BCUT2D eigenvalue weighted by atomic mass is 9.76. The first-order valence-corrected chi connectivity index (χ1v) is 12.9. The second-order valence-electron chi connectivity index (χ2n) is 11.0. The highest BCUT2D eigenvalue weighted by Crippen LogP contribution is 2.66. The molecule has 0 aromatic carbocycles. The summed E-state index contributed by atoms with van der Waals surface area (Å²) in [4.78, 5) is 0. The van der Waals surface area contributed by atoms with Gasteiger partial charge < -0.3 is 5.32 Å². The Morgan fingerprint density at radius 3 is 1.93 bits per heavy atom. The summed E-state index contributed by atoms with van der Waals surface area (Å²) in [5, 5.41) is 3.62. The van der Waals surface area contributed by atoms with E-state index in [1.54, 1.807) is 0 Å². The molecule has 0 amide bonds. The van der Waals surface area contributed by atoms with Gasteiger partial charge in [-0.2, -0.15) is 0 Å². The van der Waals surface area contributed by atoms with Crippen LogP contribution >= 0.6 is 0 Å². The van der Waals surface area contributed by atoms with Crippen LogP contribution in [0.5, 0.6) is 0 Å². The second kappa shape index (κ2) is 12.0. The van der Waals surface area contributed by atoms with Gasteiger partial charge in [0.2, 0.25) is 0 Å². The summed E-state index contributed by atoms with van der Waals surface area (Å²) in [5.74, 6) is 6.21. The molecule has 1 aliphatic carbocycles. The van der Waals surface area contributed by atoms with Crippen LogP contribution in [0.1, 0.15) is 114 Å². The first-order valence-electron chi connectivity index (χ1n) is 12.9. The molecule has 1 N–H and O–H groups in total. The van der Waals surface area contributed by atoms with Crippen LogP contribution in [0.15, 0.2) is 0 Å². The minimum absolute atomic E-state index is 0.550. The number of hydrogen-bond acceptors (Lipinski definition) is 1. The third-order valence-electron chi connectivity index (χ3n) is 9.07. The predicted molar refractivity (Wildman–Crippen MR) is 128 cm³/mol. The Kier molecular flexibility index (Phi) is 11.1. The highest BCUT2D eigenvalue weighted by molar-refractivity contribution is 5.12. The van der Waals surface area contributed by atoms with Crippen molar-refractivity contribution in [3.05, 3.63) is 0 Å². The van der Waals surface area contributed by atoms with Crippen LogP contribution in [-0.2, 0) is 0 Å². The van der Waals surface area contributed by atoms with Crippen LogP contribution in [0, 0.1) is 46.8 Å². The summed E-state index contributed by atoms with van der Waals surface area (Å²) in [5.41, 5.74) is 0.550. The molecule has 0 aromatic heterocycles. The Morgan fingerprint density at radius 2 is 1.46 bits per heavy atom. The van der Waals surface area contributed by atoms with E-state index in [-0.39, 0.29) is 0 Å². The molecule has 0 aromatic rings. The van der Waals surface area contributed by atoms with E-state index in [1.807, 2.05) is 0 Å². The molecule has 0 heterocycles. The van der Waals surface area contributed by atoms with Gasteiger partial charge in [0.15, 0.2) is 0 Å². The van der Waals surface area contributed by atoms with Crippen molar-refractivity contribution in [2.24, 2.45) is 46.8 Å². The summed E-state index contributed by atoms with van der Waals surface area (Å²) >= 11 is 0. The molecule has 0 radical (unpaired) electrons. The average Bonchev–Trinajstić information content (AvgIpc) is 3.26. The van der Waals surface area contributed by atoms with Gasteiger partial charge in [-0.25, -0.2) is 0 Å². The van der Waals surface area contributed by atoms with Crippen LogP contribution in [0.4, 0.5) is 0 Å². The Hall–Kier alpha value is -0.0400. The van der Waals surface area contributed by atoms with Gasteiger partial charge in [-0.3, -0.25) is 0 Å². The zero-order valence-corrected chi connectivity index (χ0v) is 21.3. The van der Waals surface area contributed by atoms with Crippen LogP contribution in [0.2, 0.25) is 0 Å². The lowest BCUT2D eigenvalue weighted by Crippen LogP contribution is -2.27. The van der Waals surface area contributed by atoms with Gasteiger partial charge in [0.25, 0.3) is 0 Å². The van der Waals surface area contributed by atoms with Crippen molar-refractivity contribution in [2.75, 3.05) is 7.05 Å². The average molecular weight is 394 g/mol. The molecule has 1 nitrogen and oxygen atoms in total. The third kappa shape index (κ3) is 6.48. The van der Waals surface area contributed by atoms with Crippen molar-refractivity contribution < 1.29 is 0 Å². The Labute approximate surface area is 179 Å². The molecule has 1 rings (SSSR count). The molecular weight excluding hydrogens is 338 g/mol. The van der Waals surface area contributed by atoms with Gasteiger partial charge in [0.05, 0.1) is 0 Å². The zero-order valence-electron chi connectivity index (χ0n) is 21.3. The minimum atomic E-state index is 0.550. The highest BCUT2D eigenvalue weighted by Gasteiger charge is 2.62. The number of hydrogen-bond donors (Lipinski definition) is 1. The van der Waals surface area contributed by atoms with Crippen molar-refractivity contribution in [1.82, 2.24) is 5.32 Å². The molecule has 0 spiro atoms. The van der Waals surface area contributed by atoms with Crippen molar-refractivity contribution in [2.45, 2.75) is 120 Å². The summed E-state index contributed by atoms with van der Waals surface area (Å²) in [6.45, 7) is 22.1. The van der Waals surface area contributed by atoms with E-state index in [2.05, 4.69) is 74.7 Å². The van der Waals surface area contributed by atoms with Crippen LogP contribution in [-0.4, -0.2) is 13.1 Å². The SMILES string of the molecule is CCCC(CC)C(CC)CC1(C)C(CC(C)C(C)CC(C)CC)C1C(C)NC. The lowest BCUT2D eigenvalue weighted by Gasteiger charge is -2.30. The van der Waals surface area contributed by atoms with E-state index >= 15 is 0 Å². The minimum Gasteiger partial charge on any atom is -0.317 e. The first-order chi connectivity index (χ1) is 13.2.